The molecule has 0 radical (unpaired) electrons. The maximum atomic E-state index is 12.2. The molecule has 144 valence electrons. The molecule has 2 atom stereocenters. The summed E-state index contributed by atoms with van der Waals surface area (Å²) in [6.07, 6.45) is 4.06. The number of nitrogens with zero attached hydrogens (tertiary/aromatic N) is 2. The van der Waals surface area contributed by atoms with Crippen molar-refractivity contribution in [3.8, 4) is 11.3 Å². The van der Waals surface area contributed by atoms with Gasteiger partial charge >= 0.3 is 6.03 Å². The standard InChI is InChI=1S/C19H24N4O3S/c1-13(17(24)22-18(25)20-2)27-19-21-11-16(14-7-4-3-5-8-14)23(19)12-15-9-6-10-26-15/h3-5,7-8,11,13,15H,6,9-10,12H2,1-2H3,(H2,20,22,24,25)/t13-,15-/m1/s1. The average Bonchev–Trinajstić information content (AvgIpc) is 3.33. The second-order valence-electron chi connectivity index (χ2n) is 6.37. The zero-order chi connectivity index (χ0) is 19.2. The van der Waals surface area contributed by atoms with Crippen molar-refractivity contribution in [2.24, 2.45) is 0 Å². The topological polar surface area (TPSA) is 85.3 Å². The highest BCUT2D eigenvalue weighted by Crippen LogP contribution is 2.30. The van der Waals surface area contributed by atoms with Crippen LogP contribution >= 0.6 is 11.8 Å². The number of urea groups is 1. The number of carbonyl (C=O) groups excluding carboxylic acids is 2. The maximum absolute atomic E-state index is 12.2. The molecule has 0 saturated carbocycles. The molecule has 1 aliphatic heterocycles. The van der Waals surface area contributed by atoms with Gasteiger partial charge in [0.2, 0.25) is 5.91 Å². The van der Waals surface area contributed by atoms with Gasteiger partial charge in [0.15, 0.2) is 5.16 Å². The number of benzene rings is 1. The first kappa shape index (κ1) is 19.4. The molecule has 3 rings (SSSR count). The Hall–Kier alpha value is -2.32. The van der Waals surface area contributed by atoms with Crippen molar-refractivity contribution in [2.75, 3.05) is 13.7 Å². The lowest BCUT2D eigenvalue weighted by atomic mass is 10.1. The fourth-order valence-electron chi connectivity index (χ4n) is 2.95. The van der Waals surface area contributed by atoms with Crippen LogP contribution in [0.2, 0.25) is 0 Å². The first-order valence-electron chi connectivity index (χ1n) is 9.00. The summed E-state index contributed by atoms with van der Waals surface area (Å²) < 4.78 is 7.91. The number of hydrogen-bond donors (Lipinski definition) is 2. The Bertz CT molecular complexity index is 788. The molecular formula is C19H24N4O3S. The summed E-state index contributed by atoms with van der Waals surface area (Å²) >= 11 is 1.33. The lowest BCUT2D eigenvalue weighted by molar-refractivity contribution is -0.119. The predicted molar refractivity (Wildman–Crippen MR) is 105 cm³/mol. The fourth-order valence-corrected chi connectivity index (χ4v) is 3.84. The van der Waals surface area contributed by atoms with Crippen LogP contribution < -0.4 is 10.6 Å². The Morgan fingerprint density at radius 2 is 2.15 bits per heavy atom. The van der Waals surface area contributed by atoms with E-state index in [1.54, 1.807) is 6.92 Å². The van der Waals surface area contributed by atoms with E-state index in [1.807, 2.05) is 36.5 Å². The van der Waals surface area contributed by atoms with Crippen LogP contribution in [0.1, 0.15) is 19.8 Å². The normalized spacial score (nSPS) is 17.5. The molecule has 1 saturated heterocycles. The number of ether oxygens (including phenoxy) is 1. The minimum atomic E-state index is -0.514. The molecule has 2 N–H and O–H groups in total. The molecule has 0 spiro atoms. The summed E-state index contributed by atoms with van der Waals surface area (Å²) in [6.45, 7) is 3.24. The van der Waals surface area contributed by atoms with Gasteiger partial charge in [-0.1, -0.05) is 42.1 Å². The third kappa shape index (κ3) is 4.90. The van der Waals surface area contributed by atoms with Gasteiger partial charge in [0.1, 0.15) is 0 Å². The van der Waals surface area contributed by atoms with Gasteiger partial charge in [0.25, 0.3) is 0 Å². The molecule has 2 aromatic rings. The highest BCUT2D eigenvalue weighted by Gasteiger charge is 2.24. The molecule has 0 aliphatic carbocycles. The molecule has 2 heterocycles. The van der Waals surface area contributed by atoms with Crippen LogP contribution in [0.25, 0.3) is 11.3 Å². The van der Waals surface area contributed by atoms with Crippen molar-refractivity contribution in [3.63, 3.8) is 0 Å². The summed E-state index contributed by atoms with van der Waals surface area (Å²) in [4.78, 5) is 28.1. The Kier molecular flexibility index (Phi) is 6.52. The number of carbonyl (C=O) groups is 2. The van der Waals surface area contributed by atoms with Gasteiger partial charge in [-0.2, -0.15) is 0 Å². The van der Waals surface area contributed by atoms with E-state index in [9.17, 15) is 9.59 Å². The zero-order valence-electron chi connectivity index (χ0n) is 15.5. The van der Waals surface area contributed by atoms with Gasteiger partial charge in [-0.15, -0.1) is 0 Å². The number of amides is 3. The van der Waals surface area contributed by atoms with Gasteiger partial charge in [-0.05, 0) is 25.3 Å². The minimum Gasteiger partial charge on any atom is -0.376 e. The molecule has 1 aromatic heterocycles. The van der Waals surface area contributed by atoms with Gasteiger partial charge in [0, 0.05) is 13.7 Å². The lowest BCUT2D eigenvalue weighted by Gasteiger charge is -2.17. The van der Waals surface area contributed by atoms with Crippen molar-refractivity contribution in [2.45, 2.75) is 42.8 Å². The van der Waals surface area contributed by atoms with Crippen LogP contribution in [-0.2, 0) is 16.1 Å². The number of hydrogen-bond acceptors (Lipinski definition) is 5. The average molecular weight is 388 g/mol. The van der Waals surface area contributed by atoms with E-state index < -0.39 is 11.3 Å². The SMILES string of the molecule is CNC(=O)NC(=O)[C@@H](C)Sc1ncc(-c2ccccc2)n1C[C@H]1CCCO1. The van der Waals surface area contributed by atoms with Crippen LogP contribution in [0.15, 0.2) is 41.7 Å². The maximum Gasteiger partial charge on any atom is 0.321 e. The smallest absolute Gasteiger partial charge is 0.321 e. The summed E-state index contributed by atoms with van der Waals surface area (Å²) in [7, 11) is 1.47. The Balaban J connectivity index is 1.82. The van der Waals surface area contributed by atoms with Crippen LogP contribution in [0.5, 0.6) is 0 Å². The number of thioether (sulfide) groups is 1. The molecule has 3 amide bonds. The third-order valence-electron chi connectivity index (χ3n) is 4.41. The molecule has 0 bridgehead atoms. The zero-order valence-corrected chi connectivity index (χ0v) is 16.3. The van der Waals surface area contributed by atoms with Crippen LogP contribution in [0.3, 0.4) is 0 Å². The fraction of sp³-hybridized carbons (Fsp3) is 0.421. The highest BCUT2D eigenvalue weighted by molar-refractivity contribution is 8.00. The molecule has 1 aromatic carbocycles. The quantitative estimate of drug-likeness (QED) is 0.743. The molecule has 7 nitrogen and oxygen atoms in total. The van der Waals surface area contributed by atoms with E-state index in [2.05, 4.69) is 20.2 Å². The summed E-state index contributed by atoms with van der Waals surface area (Å²) in [5, 5.41) is 4.97. The van der Waals surface area contributed by atoms with E-state index in [0.717, 1.165) is 35.9 Å². The van der Waals surface area contributed by atoms with E-state index in [-0.39, 0.29) is 12.0 Å². The molecule has 1 fully saturated rings. The predicted octanol–water partition coefficient (Wildman–Crippen LogP) is 2.67. The van der Waals surface area contributed by atoms with Crippen molar-refractivity contribution in [1.29, 1.82) is 0 Å². The molecular weight excluding hydrogens is 364 g/mol. The van der Waals surface area contributed by atoms with Crippen LogP contribution in [0.4, 0.5) is 4.79 Å². The van der Waals surface area contributed by atoms with Crippen molar-refractivity contribution < 1.29 is 14.3 Å². The van der Waals surface area contributed by atoms with Gasteiger partial charge in [0.05, 0.1) is 29.8 Å². The van der Waals surface area contributed by atoms with Gasteiger partial charge < -0.3 is 14.6 Å². The second-order valence-corrected chi connectivity index (χ2v) is 7.67. The minimum absolute atomic E-state index is 0.149. The first-order valence-corrected chi connectivity index (χ1v) is 9.88. The Labute approximate surface area is 162 Å². The number of rotatable bonds is 6. The molecule has 27 heavy (non-hydrogen) atoms. The first-order chi connectivity index (χ1) is 13.1. The number of nitrogens with one attached hydrogen (secondary N) is 2. The monoisotopic (exact) mass is 388 g/mol. The highest BCUT2D eigenvalue weighted by atomic mass is 32.2. The second kappa shape index (κ2) is 9.05. The van der Waals surface area contributed by atoms with Crippen molar-refractivity contribution in [3.05, 3.63) is 36.5 Å². The van der Waals surface area contributed by atoms with Crippen molar-refractivity contribution in [1.82, 2.24) is 20.2 Å². The summed E-state index contributed by atoms with van der Waals surface area (Å²) in [5.74, 6) is -0.354. The van der Waals surface area contributed by atoms with E-state index >= 15 is 0 Å². The van der Waals surface area contributed by atoms with E-state index in [1.165, 1.54) is 18.8 Å². The van der Waals surface area contributed by atoms with Gasteiger partial charge in [-0.3, -0.25) is 10.1 Å². The lowest BCUT2D eigenvalue weighted by Crippen LogP contribution is -2.41. The Morgan fingerprint density at radius 3 is 2.81 bits per heavy atom. The molecule has 1 aliphatic rings. The summed E-state index contributed by atoms with van der Waals surface area (Å²) in [5.41, 5.74) is 2.06. The third-order valence-corrected chi connectivity index (χ3v) is 5.52. The molecule has 0 unspecified atom stereocenters. The van der Waals surface area contributed by atoms with Gasteiger partial charge in [-0.25, -0.2) is 9.78 Å². The number of imidazole rings is 1. The Morgan fingerprint density at radius 1 is 1.37 bits per heavy atom. The number of aromatic nitrogens is 2. The van der Waals surface area contributed by atoms with E-state index in [0.29, 0.717) is 6.54 Å². The van der Waals surface area contributed by atoms with E-state index in [4.69, 9.17) is 4.74 Å². The van der Waals surface area contributed by atoms with Crippen molar-refractivity contribution >= 4 is 23.7 Å². The largest absolute Gasteiger partial charge is 0.376 e. The van der Waals surface area contributed by atoms with Crippen LogP contribution in [0, 0.1) is 0 Å². The summed E-state index contributed by atoms with van der Waals surface area (Å²) in [6, 6.07) is 9.53. The number of imide groups is 1. The molecule has 8 heteroatoms. The van der Waals surface area contributed by atoms with Crippen LogP contribution in [-0.4, -0.2) is 46.5 Å².